The van der Waals surface area contributed by atoms with Crippen molar-refractivity contribution >= 4 is 29.2 Å². The molecule has 1 saturated carbocycles. The summed E-state index contributed by atoms with van der Waals surface area (Å²) in [5.74, 6) is -1.39. The number of hydrogen-bond donors (Lipinski definition) is 3. The van der Waals surface area contributed by atoms with Gasteiger partial charge < -0.3 is 16.2 Å². The summed E-state index contributed by atoms with van der Waals surface area (Å²) in [6, 6.07) is 4.61. The van der Waals surface area contributed by atoms with Crippen LogP contribution in [0.25, 0.3) is 0 Å². The smallest absolute Gasteiger partial charge is 0.339 e. The summed E-state index contributed by atoms with van der Waals surface area (Å²) in [5.41, 5.74) is 5.74. The van der Waals surface area contributed by atoms with Gasteiger partial charge in [-0.3, -0.25) is 4.79 Å². The fourth-order valence-electron chi connectivity index (χ4n) is 2.51. The summed E-state index contributed by atoms with van der Waals surface area (Å²) in [4.78, 5) is 23.2. The molecule has 1 amide bonds. The SMILES string of the molecule is NCC1(CC(=O)Nc2cccc(Cl)c2C(=O)O)CCC1. The topological polar surface area (TPSA) is 92.4 Å². The highest BCUT2D eigenvalue weighted by molar-refractivity contribution is 6.34. The Morgan fingerprint density at radius 3 is 2.60 bits per heavy atom. The molecule has 108 valence electrons. The van der Waals surface area contributed by atoms with E-state index in [0.717, 1.165) is 19.3 Å². The number of benzene rings is 1. The van der Waals surface area contributed by atoms with Crippen molar-refractivity contribution in [2.75, 3.05) is 11.9 Å². The van der Waals surface area contributed by atoms with E-state index in [9.17, 15) is 9.59 Å². The minimum absolute atomic E-state index is 0.0853. The van der Waals surface area contributed by atoms with Crippen LogP contribution >= 0.6 is 11.6 Å². The third-order valence-corrected chi connectivity index (χ3v) is 4.20. The number of halogens is 1. The third kappa shape index (κ3) is 2.94. The first-order valence-electron chi connectivity index (χ1n) is 6.49. The molecular formula is C14H17ClN2O3. The number of carboxylic acid groups (broad SMARTS) is 1. The van der Waals surface area contributed by atoms with Crippen LogP contribution in [0.15, 0.2) is 18.2 Å². The quantitative estimate of drug-likeness (QED) is 0.778. The molecule has 1 aromatic carbocycles. The van der Waals surface area contributed by atoms with E-state index < -0.39 is 5.97 Å². The Balaban J connectivity index is 2.12. The standard InChI is InChI=1S/C14H17ClN2O3/c15-9-3-1-4-10(12(9)13(19)20)17-11(18)7-14(8-16)5-2-6-14/h1,3-4H,2,5-8,16H2,(H,17,18)(H,19,20). The maximum atomic E-state index is 12.1. The highest BCUT2D eigenvalue weighted by Gasteiger charge is 2.37. The van der Waals surface area contributed by atoms with E-state index in [4.69, 9.17) is 22.4 Å². The first-order valence-corrected chi connectivity index (χ1v) is 6.87. The highest BCUT2D eigenvalue weighted by Crippen LogP contribution is 2.43. The molecule has 1 fully saturated rings. The molecule has 5 nitrogen and oxygen atoms in total. The maximum Gasteiger partial charge on any atom is 0.339 e. The Morgan fingerprint density at radius 1 is 1.40 bits per heavy atom. The molecule has 1 aromatic rings. The molecule has 1 aliphatic rings. The molecule has 6 heteroatoms. The first-order chi connectivity index (χ1) is 9.47. The number of carboxylic acids is 1. The number of amides is 1. The molecule has 0 bridgehead atoms. The number of hydrogen-bond acceptors (Lipinski definition) is 3. The van der Waals surface area contributed by atoms with Crippen molar-refractivity contribution < 1.29 is 14.7 Å². The number of carbonyl (C=O) groups excluding carboxylic acids is 1. The van der Waals surface area contributed by atoms with Crippen LogP contribution in [0.2, 0.25) is 5.02 Å². The van der Waals surface area contributed by atoms with Crippen LogP contribution in [0, 0.1) is 5.41 Å². The zero-order valence-electron chi connectivity index (χ0n) is 11.0. The van der Waals surface area contributed by atoms with Gasteiger partial charge in [0.25, 0.3) is 0 Å². The lowest BCUT2D eigenvalue weighted by molar-refractivity contribution is -0.119. The highest BCUT2D eigenvalue weighted by atomic mass is 35.5. The molecule has 0 atom stereocenters. The van der Waals surface area contributed by atoms with E-state index >= 15 is 0 Å². The predicted molar refractivity (Wildman–Crippen MR) is 77.0 cm³/mol. The summed E-state index contributed by atoms with van der Waals surface area (Å²) in [7, 11) is 0. The molecule has 0 spiro atoms. The van der Waals surface area contributed by atoms with Crippen LogP contribution < -0.4 is 11.1 Å². The van der Waals surface area contributed by atoms with Crippen LogP contribution in [-0.4, -0.2) is 23.5 Å². The zero-order valence-corrected chi connectivity index (χ0v) is 11.7. The van der Waals surface area contributed by atoms with Crippen molar-refractivity contribution in [3.05, 3.63) is 28.8 Å². The second-order valence-corrected chi connectivity index (χ2v) is 5.66. The van der Waals surface area contributed by atoms with Crippen molar-refractivity contribution in [2.24, 2.45) is 11.1 Å². The molecule has 0 saturated heterocycles. The van der Waals surface area contributed by atoms with Crippen LogP contribution in [0.4, 0.5) is 5.69 Å². The van der Waals surface area contributed by atoms with Gasteiger partial charge in [0.2, 0.25) is 5.91 Å². The summed E-state index contributed by atoms with van der Waals surface area (Å²) in [6.07, 6.45) is 3.29. The third-order valence-electron chi connectivity index (χ3n) is 3.88. The van der Waals surface area contributed by atoms with Gasteiger partial charge in [-0.25, -0.2) is 4.79 Å². The second-order valence-electron chi connectivity index (χ2n) is 5.25. The minimum atomic E-state index is -1.16. The van der Waals surface area contributed by atoms with Gasteiger partial charge in [-0.1, -0.05) is 24.1 Å². The number of nitrogens with one attached hydrogen (secondary N) is 1. The number of anilines is 1. The fraction of sp³-hybridized carbons (Fsp3) is 0.429. The van der Waals surface area contributed by atoms with Gasteiger partial charge in [-0.2, -0.15) is 0 Å². The van der Waals surface area contributed by atoms with Gasteiger partial charge in [0.1, 0.15) is 5.56 Å². The van der Waals surface area contributed by atoms with Crippen LogP contribution in [-0.2, 0) is 4.79 Å². The predicted octanol–water partition coefficient (Wildman–Crippen LogP) is 2.50. The molecule has 20 heavy (non-hydrogen) atoms. The van der Waals surface area contributed by atoms with Gasteiger partial charge in [-0.15, -0.1) is 0 Å². The fourth-order valence-corrected chi connectivity index (χ4v) is 2.77. The Kier molecular flexibility index (Phi) is 4.30. The van der Waals surface area contributed by atoms with Crippen molar-refractivity contribution in [3.63, 3.8) is 0 Å². The summed E-state index contributed by atoms with van der Waals surface area (Å²) in [5, 5.41) is 11.9. The number of rotatable bonds is 5. The van der Waals surface area contributed by atoms with Crippen molar-refractivity contribution in [1.29, 1.82) is 0 Å². The molecule has 0 heterocycles. The summed E-state index contributed by atoms with van der Waals surface area (Å²) < 4.78 is 0. The monoisotopic (exact) mass is 296 g/mol. The maximum absolute atomic E-state index is 12.1. The van der Waals surface area contributed by atoms with Crippen LogP contribution in [0.5, 0.6) is 0 Å². The molecule has 1 aliphatic carbocycles. The van der Waals surface area contributed by atoms with Gasteiger partial charge in [0.15, 0.2) is 0 Å². The van der Waals surface area contributed by atoms with Crippen molar-refractivity contribution in [2.45, 2.75) is 25.7 Å². The van der Waals surface area contributed by atoms with Crippen LogP contribution in [0.3, 0.4) is 0 Å². The average molecular weight is 297 g/mol. The van der Waals surface area contributed by atoms with Crippen LogP contribution in [0.1, 0.15) is 36.0 Å². The normalized spacial score (nSPS) is 16.3. The lowest BCUT2D eigenvalue weighted by Gasteiger charge is -2.40. The van der Waals surface area contributed by atoms with Gasteiger partial charge in [-0.05, 0) is 36.9 Å². The van der Waals surface area contributed by atoms with E-state index in [1.54, 1.807) is 6.07 Å². The first kappa shape index (κ1) is 14.8. The summed E-state index contributed by atoms with van der Waals surface area (Å²) >= 11 is 5.85. The molecule has 0 unspecified atom stereocenters. The van der Waals surface area contributed by atoms with E-state index in [0.29, 0.717) is 13.0 Å². The zero-order chi connectivity index (χ0) is 14.8. The molecule has 0 aromatic heterocycles. The molecule has 0 radical (unpaired) electrons. The molecule has 2 rings (SSSR count). The number of nitrogens with two attached hydrogens (primary N) is 1. The van der Waals surface area contributed by atoms with E-state index in [2.05, 4.69) is 5.32 Å². The minimum Gasteiger partial charge on any atom is -0.478 e. The van der Waals surface area contributed by atoms with E-state index in [1.807, 2.05) is 0 Å². The van der Waals surface area contributed by atoms with Crippen molar-refractivity contribution in [1.82, 2.24) is 0 Å². The second kappa shape index (κ2) is 5.81. The number of carbonyl (C=O) groups is 2. The van der Waals surface area contributed by atoms with Gasteiger partial charge in [0.05, 0.1) is 10.7 Å². The average Bonchev–Trinajstić information content (AvgIpc) is 2.33. The lowest BCUT2D eigenvalue weighted by atomic mass is 9.66. The Labute approximate surface area is 122 Å². The molecule has 0 aliphatic heterocycles. The lowest BCUT2D eigenvalue weighted by Crippen LogP contribution is -2.40. The van der Waals surface area contributed by atoms with Gasteiger partial charge in [0, 0.05) is 6.42 Å². The van der Waals surface area contributed by atoms with Gasteiger partial charge >= 0.3 is 5.97 Å². The largest absolute Gasteiger partial charge is 0.478 e. The molecular weight excluding hydrogens is 280 g/mol. The Hall–Kier alpha value is -1.59. The Bertz CT molecular complexity index is 536. The summed E-state index contributed by atoms with van der Waals surface area (Å²) in [6.45, 7) is 0.474. The van der Waals surface area contributed by atoms with E-state index in [-0.39, 0.29) is 27.6 Å². The van der Waals surface area contributed by atoms with Crippen molar-refractivity contribution in [3.8, 4) is 0 Å². The molecule has 4 N–H and O–H groups in total. The number of aromatic carboxylic acids is 1. The Morgan fingerprint density at radius 2 is 2.10 bits per heavy atom. The van der Waals surface area contributed by atoms with E-state index in [1.165, 1.54) is 12.1 Å².